The number of methoxy groups -OCH3 is 1. The zero-order valence-corrected chi connectivity index (χ0v) is 18.1. The number of fused-ring (bicyclic) bond motifs is 2. The van der Waals surface area contributed by atoms with Crippen molar-refractivity contribution in [1.82, 2.24) is 15.5 Å². The number of hydrogen-bond donors (Lipinski definition) is 2. The minimum atomic E-state index is -0.356. The first-order valence-electron chi connectivity index (χ1n) is 11.2. The van der Waals surface area contributed by atoms with E-state index in [2.05, 4.69) is 33.4 Å². The average molecular weight is 415 g/mol. The van der Waals surface area contributed by atoms with Crippen molar-refractivity contribution in [3.8, 4) is 5.75 Å². The molecule has 1 aromatic rings. The van der Waals surface area contributed by atoms with E-state index in [1.54, 1.807) is 7.11 Å². The second kappa shape index (κ2) is 9.25. The molecule has 1 saturated heterocycles. The molecule has 164 valence electrons. The number of hydrogen-bond acceptors (Lipinski definition) is 5. The van der Waals surface area contributed by atoms with Crippen LogP contribution in [0.1, 0.15) is 32.6 Å². The van der Waals surface area contributed by atoms with Gasteiger partial charge >= 0.3 is 6.03 Å². The van der Waals surface area contributed by atoms with Crippen LogP contribution in [-0.2, 0) is 4.79 Å². The van der Waals surface area contributed by atoms with Crippen LogP contribution in [0.25, 0.3) is 0 Å². The summed E-state index contributed by atoms with van der Waals surface area (Å²) in [5, 5.41) is 5.53. The number of nitrogens with one attached hydrogen (secondary N) is 2. The van der Waals surface area contributed by atoms with Crippen molar-refractivity contribution in [3.63, 3.8) is 0 Å². The maximum Gasteiger partial charge on any atom is 0.321 e. The van der Waals surface area contributed by atoms with Gasteiger partial charge in [-0.15, -0.1) is 0 Å². The first kappa shape index (κ1) is 21.0. The maximum absolute atomic E-state index is 12.3. The van der Waals surface area contributed by atoms with Crippen molar-refractivity contribution >= 4 is 17.6 Å². The zero-order valence-electron chi connectivity index (χ0n) is 18.1. The monoisotopic (exact) mass is 414 g/mol. The van der Waals surface area contributed by atoms with Crippen LogP contribution in [0.15, 0.2) is 24.3 Å². The Balaban J connectivity index is 1.18. The van der Waals surface area contributed by atoms with Crippen LogP contribution in [0.4, 0.5) is 10.5 Å². The number of anilines is 1. The van der Waals surface area contributed by atoms with E-state index in [-0.39, 0.29) is 24.5 Å². The molecule has 2 saturated carbocycles. The van der Waals surface area contributed by atoms with Gasteiger partial charge in [-0.25, -0.2) is 4.79 Å². The van der Waals surface area contributed by atoms with Gasteiger partial charge in [0.2, 0.25) is 5.91 Å². The van der Waals surface area contributed by atoms with Gasteiger partial charge in [-0.05, 0) is 56.1 Å². The van der Waals surface area contributed by atoms with Crippen LogP contribution in [0.3, 0.4) is 0 Å². The molecule has 2 aliphatic carbocycles. The third-order valence-electron chi connectivity index (χ3n) is 7.20. The van der Waals surface area contributed by atoms with Gasteiger partial charge in [-0.2, -0.15) is 0 Å². The molecule has 30 heavy (non-hydrogen) atoms. The number of imide groups is 1. The fourth-order valence-electron chi connectivity index (χ4n) is 5.60. The number of amides is 3. The van der Waals surface area contributed by atoms with Crippen LogP contribution in [0.2, 0.25) is 0 Å². The highest BCUT2D eigenvalue weighted by Crippen LogP contribution is 2.49. The van der Waals surface area contributed by atoms with Gasteiger partial charge in [0.25, 0.3) is 0 Å². The summed E-state index contributed by atoms with van der Waals surface area (Å²) in [6.45, 7) is 5.58. The number of ether oxygens (including phenoxy) is 1. The zero-order chi connectivity index (χ0) is 21.1. The number of piperazine rings is 1. The van der Waals surface area contributed by atoms with Gasteiger partial charge in [-0.1, -0.05) is 12.5 Å². The minimum Gasteiger partial charge on any atom is -0.497 e. The van der Waals surface area contributed by atoms with Crippen LogP contribution in [0, 0.1) is 17.8 Å². The number of nitrogens with zero attached hydrogens (tertiary/aromatic N) is 2. The van der Waals surface area contributed by atoms with Gasteiger partial charge in [0.1, 0.15) is 5.75 Å². The van der Waals surface area contributed by atoms with Crippen molar-refractivity contribution in [2.75, 3.05) is 44.7 Å². The highest BCUT2D eigenvalue weighted by Gasteiger charge is 2.42. The Morgan fingerprint density at radius 2 is 1.97 bits per heavy atom. The normalized spacial score (nSPS) is 27.0. The first-order chi connectivity index (χ1) is 14.5. The second-order valence-corrected chi connectivity index (χ2v) is 9.11. The molecule has 4 atom stereocenters. The van der Waals surface area contributed by atoms with E-state index in [1.807, 2.05) is 18.2 Å². The highest BCUT2D eigenvalue weighted by molar-refractivity contribution is 5.95. The number of carbonyl (C=O) groups is 2. The number of carbonyl (C=O) groups excluding carboxylic acids is 2. The van der Waals surface area contributed by atoms with E-state index in [1.165, 1.54) is 25.7 Å². The van der Waals surface area contributed by atoms with Crippen molar-refractivity contribution < 1.29 is 14.3 Å². The Bertz CT molecular complexity index is 763. The van der Waals surface area contributed by atoms with E-state index in [0.717, 1.165) is 49.5 Å². The Hall–Kier alpha value is -2.28. The highest BCUT2D eigenvalue weighted by atomic mass is 16.5. The van der Waals surface area contributed by atoms with Crippen molar-refractivity contribution in [1.29, 1.82) is 0 Å². The predicted molar refractivity (Wildman–Crippen MR) is 117 cm³/mol. The Labute approximate surface area is 179 Å². The molecule has 0 radical (unpaired) electrons. The summed E-state index contributed by atoms with van der Waals surface area (Å²) in [6, 6.07) is 7.80. The Morgan fingerprint density at radius 1 is 1.17 bits per heavy atom. The molecule has 3 amide bonds. The number of rotatable bonds is 6. The third-order valence-corrected chi connectivity index (χ3v) is 7.20. The lowest BCUT2D eigenvalue weighted by Crippen LogP contribution is -2.52. The molecule has 2 bridgehead atoms. The minimum absolute atomic E-state index is 0.125. The topological polar surface area (TPSA) is 73.9 Å². The summed E-state index contributed by atoms with van der Waals surface area (Å²) < 4.78 is 5.30. The van der Waals surface area contributed by atoms with E-state index in [9.17, 15) is 9.59 Å². The molecule has 1 aliphatic heterocycles. The van der Waals surface area contributed by atoms with E-state index in [0.29, 0.717) is 5.92 Å². The molecule has 0 aromatic heterocycles. The quantitative estimate of drug-likeness (QED) is 0.748. The SMILES string of the molecule is COc1cccc(N2CCN(CC(=O)NC(=O)NC(C)C3CC4CCC3C4)CC2)c1. The number of urea groups is 1. The number of benzene rings is 1. The predicted octanol–water partition coefficient (Wildman–Crippen LogP) is 2.47. The summed E-state index contributed by atoms with van der Waals surface area (Å²) in [6.07, 6.45) is 5.18. The van der Waals surface area contributed by atoms with E-state index < -0.39 is 0 Å². The summed E-state index contributed by atoms with van der Waals surface area (Å²) >= 11 is 0. The fourth-order valence-corrected chi connectivity index (χ4v) is 5.60. The van der Waals surface area contributed by atoms with Gasteiger partial charge in [0.15, 0.2) is 0 Å². The van der Waals surface area contributed by atoms with Crippen molar-refractivity contribution in [2.24, 2.45) is 17.8 Å². The summed E-state index contributed by atoms with van der Waals surface area (Å²) in [5.41, 5.74) is 1.13. The van der Waals surface area contributed by atoms with Crippen molar-refractivity contribution in [2.45, 2.75) is 38.6 Å². The molecule has 7 nitrogen and oxygen atoms in total. The molecule has 3 aliphatic rings. The fraction of sp³-hybridized carbons (Fsp3) is 0.652. The summed E-state index contributed by atoms with van der Waals surface area (Å²) in [4.78, 5) is 29.0. The molecule has 3 fully saturated rings. The molecule has 2 N–H and O–H groups in total. The lowest BCUT2D eigenvalue weighted by molar-refractivity contribution is -0.121. The lowest BCUT2D eigenvalue weighted by Gasteiger charge is -2.35. The van der Waals surface area contributed by atoms with Gasteiger partial charge < -0.3 is 15.0 Å². The summed E-state index contributed by atoms with van der Waals surface area (Å²) in [7, 11) is 1.67. The molecule has 4 rings (SSSR count). The van der Waals surface area contributed by atoms with Gasteiger partial charge in [-0.3, -0.25) is 15.0 Å². The standard InChI is InChI=1S/C23H34N4O3/c1-16(21-13-17-6-7-18(21)12-17)24-23(29)25-22(28)15-26-8-10-27(11-9-26)19-4-3-5-20(14-19)30-2/h3-5,14,16-18,21H,6-13,15H2,1-2H3,(H2,24,25,28,29). The molecule has 0 spiro atoms. The molecule has 7 heteroatoms. The van der Waals surface area contributed by atoms with Crippen LogP contribution < -0.4 is 20.3 Å². The Kier molecular flexibility index (Phi) is 6.46. The maximum atomic E-state index is 12.3. The van der Waals surface area contributed by atoms with Gasteiger partial charge in [0, 0.05) is 44.0 Å². The average Bonchev–Trinajstić information content (AvgIpc) is 3.38. The summed E-state index contributed by atoms with van der Waals surface area (Å²) in [5.74, 6) is 2.78. The first-order valence-corrected chi connectivity index (χ1v) is 11.2. The molecular weight excluding hydrogens is 380 g/mol. The Morgan fingerprint density at radius 3 is 2.63 bits per heavy atom. The molecular formula is C23H34N4O3. The van der Waals surface area contributed by atoms with E-state index >= 15 is 0 Å². The van der Waals surface area contributed by atoms with Gasteiger partial charge in [0.05, 0.1) is 13.7 Å². The molecule has 1 heterocycles. The smallest absolute Gasteiger partial charge is 0.321 e. The largest absolute Gasteiger partial charge is 0.497 e. The van der Waals surface area contributed by atoms with Crippen molar-refractivity contribution in [3.05, 3.63) is 24.3 Å². The third kappa shape index (κ3) is 4.89. The van der Waals surface area contributed by atoms with Crippen LogP contribution in [-0.4, -0.2) is 62.7 Å². The lowest BCUT2D eigenvalue weighted by atomic mass is 9.84. The van der Waals surface area contributed by atoms with Crippen LogP contribution in [0.5, 0.6) is 5.75 Å². The molecule has 4 unspecified atom stereocenters. The molecule has 1 aromatic carbocycles. The second-order valence-electron chi connectivity index (χ2n) is 9.11. The van der Waals surface area contributed by atoms with E-state index in [4.69, 9.17) is 4.74 Å². The van der Waals surface area contributed by atoms with Crippen LogP contribution >= 0.6 is 0 Å².